The zero-order valence-electron chi connectivity index (χ0n) is 9.97. The zero-order valence-corrected chi connectivity index (χ0v) is 12.4. The van der Waals surface area contributed by atoms with Gasteiger partial charge in [-0.25, -0.2) is 0 Å². The molecule has 1 nitrogen and oxygen atoms in total. The Balaban J connectivity index is 2.81. The predicted molar refractivity (Wildman–Crippen MR) is 75.3 cm³/mol. The van der Waals surface area contributed by atoms with Gasteiger partial charge in [-0.1, -0.05) is 48.0 Å². The maximum atomic E-state index is 5.00. The van der Waals surface area contributed by atoms with E-state index in [0.29, 0.717) is 0 Å². The number of rotatable bonds is 12. The van der Waals surface area contributed by atoms with Crippen molar-refractivity contribution < 1.29 is 4.74 Å². The maximum absolute atomic E-state index is 5.00. The quantitative estimate of drug-likeness (QED) is 0.388. The molecule has 0 radical (unpaired) electrons. The first-order chi connectivity index (χ1) is 7.41. The van der Waals surface area contributed by atoms with Crippen molar-refractivity contribution in [1.82, 2.24) is 0 Å². The van der Waals surface area contributed by atoms with Gasteiger partial charge < -0.3 is 4.74 Å². The summed E-state index contributed by atoms with van der Waals surface area (Å²) >= 11 is 5.48. The van der Waals surface area contributed by atoms with Crippen LogP contribution >= 0.6 is 27.7 Å². The van der Waals surface area contributed by atoms with Crippen LogP contribution in [-0.4, -0.2) is 30.6 Å². The van der Waals surface area contributed by atoms with Crippen LogP contribution in [0.5, 0.6) is 0 Å². The SMILES string of the molecule is COCCSCCCCCCCCCBr. The number of unbranched alkanes of at least 4 members (excludes halogenated alkanes) is 6. The van der Waals surface area contributed by atoms with Crippen molar-refractivity contribution in [3.63, 3.8) is 0 Å². The molecular weight excluding hydrogens is 272 g/mol. The third-order valence-corrected chi connectivity index (χ3v) is 3.95. The number of halogens is 1. The van der Waals surface area contributed by atoms with Gasteiger partial charge in [0.2, 0.25) is 0 Å². The van der Waals surface area contributed by atoms with Gasteiger partial charge in [0.15, 0.2) is 0 Å². The van der Waals surface area contributed by atoms with E-state index in [1.165, 1.54) is 56.0 Å². The Morgan fingerprint density at radius 2 is 1.47 bits per heavy atom. The summed E-state index contributed by atoms with van der Waals surface area (Å²) in [6.07, 6.45) is 9.80. The Morgan fingerprint density at radius 3 is 2.07 bits per heavy atom. The second kappa shape index (κ2) is 14.8. The highest BCUT2D eigenvalue weighted by Gasteiger charge is 1.92. The number of alkyl halides is 1. The van der Waals surface area contributed by atoms with Crippen molar-refractivity contribution in [2.24, 2.45) is 0 Å². The van der Waals surface area contributed by atoms with E-state index in [-0.39, 0.29) is 0 Å². The van der Waals surface area contributed by atoms with Crippen LogP contribution in [0.1, 0.15) is 44.9 Å². The van der Waals surface area contributed by atoms with Crippen LogP contribution in [0.3, 0.4) is 0 Å². The van der Waals surface area contributed by atoms with E-state index in [1.54, 1.807) is 7.11 Å². The molecule has 0 aromatic heterocycles. The molecule has 0 aliphatic carbocycles. The lowest BCUT2D eigenvalue weighted by molar-refractivity contribution is 0.218. The average Bonchev–Trinajstić information content (AvgIpc) is 2.26. The third-order valence-electron chi connectivity index (χ3n) is 2.35. The lowest BCUT2D eigenvalue weighted by atomic mass is 10.1. The molecule has 0 aliphatic heterocycles. The van der Waals surface area contributed by atoms with E-state index < -0.39 is 0 Å². The lowest BCUT2D eigenvalue weighted by Crippen LogP contribution is -1.92. The lowest BCUT2D eigenvalue weighted by Gasteiger charge is -2.02. The van der Waals surface area contributed by atoms with Crippen LogP contribution in [0, 0.1) is 0 Å². The van der Waals surface area contributed by atoms with E-state index >= 15 is 0 Å². The molecule has 0 aromatic rings. The van der Waals surface area contributed by atoms with Crippen LogP contribution in [0.2, 0.25) is 0 Å². The monoisotopic (exact) mass is 296 g/mol. The summed E-state index contributed by atoms with van der Waals surface area (Å²) in [7, 11) is 1.77. The van der Waals surface area contributed by atoms with Crippen molar-refractivity contribution in [3.05, 3.63) is 0 Å². The van der Waals surface area contributed by atoms with E-state index in [0.717, 1.165) is 12.4 Å². The molecule has 0 saturated carbocycles. The first kappa shape index (κ1) is 15.8. The van der Waals surface area contributed by atoms with Crippen LogP contribution in [-0.2, 0) is 4.74 Å². The van der Waals surface area contributed by atoms with E-state index in [9.17, 15) is 0 Å². The Labute approximate surface area is 108 Å². The van der Waals surface area contributed by atoms with Gasteiger partial charge in [0, 0.05) is 18.2 Å². The second-order valence-corrected chi connectivity index (χ2v) is 5.79. The van der Waals surface area contributed by atoms with Gasteiger partial charge in [0.1, 0.15) is 0 Å². The van der Waals surface area contributed by atoms with Crippen LogP contribution in [0.25, 0.3) is 0 Å². The molecule has 0 spiro atoms. The highest BCUT2D eigenvalue weighted by molar-refractivity contribution is 9.09. The summed E-state index contributed by atoms with van der Waals surface area (Å²) in [5, 5.41) is 1.17. The fraction of sp³-hybridized carbons (Fsp3) is 1.00. The topological polar surface area (TPSA) is 9.23 Å². The van der Waals surface area contributed by atoms with E-state index in [1.807, 2.05) is 11.8 Å². The maximum Gasteiger partial charge on any atom is 0.0552 e. The molecule has 0 heterocycles. The smallest absolute Gasteiger partial charge is 0.0552 e. The second-order valence-electron chi connectivity index (χ2n) is 3.77. The molecule has 0 atom stereocenters. The Hall–Kier alpha value is 0.790. The summed E-state index contributed by atoms with van der Waals surface area (Å²) < 4.78 is 5.00. The van der Waals surface area contributed by atoms with Crippen LogP contribution in [0.4, 0.5) is 0 Å². The number of thioether (sulfide) groups is 1. The minimum Gasteiger partial charge on any atom is -0.384 e. The molecule has 3 heteroatoms. The van der Waals surface area contributed by atoms with Crippen molar-refractivity contribution >= 4 is 27.7 Å². The Bertz CT molecular complexity index is 99.8. The van der Waals surface area contributed by atoms with Gasteiger partial charge in [-0.2, -0.15) is 11.8 Å². The van der Waals surface area contributed by atoms with Crippen LogP contribution in [0.15, 0.2) is 0 Å². The van der Waals surface area contributed by atoms with Gasteiger partial charge in [-0.05, 0) is 18.6 Å². The number of hydrogen-bond acceptors (Lipinski definition) is 2. The molecule has 0 amide bonds. The first-order valence-corrected chi connectivity index (χ1v) is 8.32. The molecule has 0 bridgehead atoms. The van der Waals surface area contributed by atoms with Gasteiger partial charge in [0.05, 0.1) is 6.61 Å². The van der Waals surface area contributed by atoms with E-state index in [2.05, 4.69) is 15.9 Å². The minimum absolute atomic E-state index is 0.900. The molecule has 0 aromatic carbocycles. The van der Waals surface area contributed by atoms with E-state index in [4.69, 9.17) is 4.74 Å². The minimum atomic E-state index is 0.900. The molecule has 0 unspecified atom stereocenters. The summed E-state index contributed by atoms with van der Waals surface area (Å²) in [6.45, 7) is 0.900. The normalized spacial score (nSPS) is 10.8. The van der Waals surface area contributed by atoms with Crippen molar-refractivity contribution in [2.75, 3.05) is 30.6 Å². The van der Waals surface area contributed by atoms with Gasteiger partial charge >= 0.3 is 0 Å². The highest BCUT2D eigenvalue weighted by Crippen LogP contribution is 2.10. The molecule has 0 fully saturated rings. The highest BCUT2D eigenvalue weighted by atomic mass is 79.9. The molecule has 92 valence electrons. The molecule has 15 heavy (non-hydrogen) atoms. The van der Waals surface area contributed by atoms with Crippen molar-refractivity contribution in [2.45, 2.75) is 44.9 Å². The largest absolute Gasteiger partial charge is 0.384 e. The number of methoxy groups -OCH3 is 1. The summed E-state index contributed by atoms with van der Waals surface area (Å²) in [5.41, 5.74) is 0. The van der Waals surface area contributed by atoms with Gasteiger partial charge in [-0.15, -0.1) is 0 Å². The first-order valence-electron chi connectivity index (χ1n) is 6.04. The Kier molecular flexibility index (Phi) is 15.6. The van der Waals surface area contributed by atoms with Crippen molar-refractivity contribution in [1.29, 1.82) is 0 Å². The van der Waals surface area contributed by atoms with Gasteiger partial charge in [0.25, 0.3) is 0 Å². The summed E-state index contributed by atoms with van der Waals surface area (Å²) in [6, 6.07) is 0. The number of hydrogen-bond donors (Lipinski definition) is 0. The standard InChI is InChI=1S/C12H25BrOS/c1-14-10-12-15-11-8-6-4-2-3-5-7-9-13/h2-12H2,1H3. The fourth-order valence-electron chi connectivity index (χ4n) is 1.43. The zero-order chi connectivity index (χ0) is 11.2. The molecule has 0 N–H and O–H groups in total. The molecule has 0 saturated heterocycles. The number of ether oxygens (including phenoxy) is 1. The Morgan fingerprint density at radius 1 is 0.867 bits per heavy atom. The predicted octanol–water partition coefficient (Wildman–Crippen LogP) is 4.49. The molecule has 0 rings (SSSR count). The fourth-order valence-corrected chi connectivity index (χ4v) is 2.72. The molecular formula is C12H25BrOS. The van der Waals surface area contributed by atoms with Gasteiger partial charge in [-0.3, -0.25) is 0 Å². The summed E-state index contributed by atoms with van der Waals surface area (Å²) in [4.78, 5) is 0. The summed E-state index contributed by atoms with van der Waals surface area (Å²) in [5.74, 6) is 2.46. The van der Waals surface area contributed by atoms with Crippen LogP contribution < -0.4 is 0 Å². The van der Waals surface area contributed by atoms with Crippen molar-refractivity contribution in [3.8, 4) is 0 Å². The average molecular weight is 297 g/mol. The third kappa shape index (κ3) is 14.8. The molecule has 0 aliphatic rings.